The number of anilines is 6. The highest BCUT2D eigenvalue weighted by Crippen LogP contribution is 2.51. The standard InChI is InChI=1S/C54H36N6O3S3/c1-57-54-38(24-18-35-21-27-46-52(30-35)65-49-15-9-6-12-43(49)59(46)62-3)40(32-55)37(23-17-34-20-26-45-51(29-34)64-48-14-8-5-11-42(48)58(45)61-2)41(33-56)39(54)25-19-36-22-28-47-53(31-36)66-50-16-10-7-13-44(50)60(47)63-4/h5-31H,2-4H3. The molecule has 3 aliphatic rings. The van der Waals surface area contributed by atoms with E-state index in [-0.39, 0.29) is 16.8 Å². The third-order valence-corrected chi connectivity index (χ3v) is 14.7. The van der Waals surface area contributed by atoms with E-state index < -0.39 is 0 Å². The average molecular weight is 913 g/mol. The molecule has 0 fully saturated rings. The molecule has 0 radical (unpaired) electrons. The maximum absolute atomic E-state index is 11.0. The van der Waals surface area contributed by atoms with E-state index in [9.17, 15) is 10.5 Å². The second-order valence-corrected chi connectivity index (χ2v) is 18.2. The van der Waals surface area contributed by atoms with Gasteiger partial charge in [0.1, 0.15) is 0 Å². The zero-order chi connectivity index (χ0) is 45.3. The highest BCUT2D eigenvalue weighted by Gasteiger charge is 2.27. The summed E-state index contributed by atoms with van der Waals surface area (Å²) in [7, 11) is 4.96. The van der Waals surface area contributed by atoms with Crippen LogP contribution in [0.25, 0.3) is 41.3 Å². The average Bonchev–Trinajstić information content (AvgIpc) is 3.36. The van der Waals surface area contributed by atoms with E-state index in [0.29, 0.717) is 16.7 Å². The maximum Gasteiger partial charge on any atom is 0.204 e. The number of nitriles is 2. The third-order valence-electron chi connectivity index (χ3n) is 11.3. The molecule has 9 nitrogen and oxygen atoms in total. The van der Waals surface area contributed by atoms with Crippen LogP contribution < -0.4 is 15.2 Å². The van der Waals surface area contributed by atoms with Gasteiger partial charge >= 0.3 is 0 Å². The predicted octanol–water partition coefficient (Wildman–Crippen LogP) is 15.0. The lowest BCUT2D eigenvalue weighted by Crippen LogP contribution is -2.18. The first-order valence-electron chi connectivity index (χ1n) is 20.7. The van der Waals surface area contributed by atoms with Crippen LogP contribution in [0.2, 0.25) is 0 Å². The number of hydrogen-bond acceptors (Lipinski definition) is 11. The van der Waals surface area contributed by atoms with Crippen LogP contribution in [0.1, 0.15) is 44.5 Å². The van der Waals surface area contributed by atoms with Gasteiger partial charge in [-0.3, -0.25) is 14.5 Å². The van der Waals surface area contributed by atoms with Gasteiger partial charge in [0.2, 0.25) is 5.69 Å². The number of rotatable bonds is 9. The van der Waals surface area contributed by atoms with E-state index in [4.69, 9.17) is 21.1 Å². The van der Waals surface area contributed by atoms with Gasteiger partial charge in [0.25, 0.3) is 0 Å². The zero-order valence-corrected chi connectivity index (χ0v) is 38.2. The molecule has 0 aliphatic carbocycles. The van der Waals surface area contributed by atoms with Crippen LogP contribution in [-0.4, -0.2) is 21.3 Å². The van der Waals surface area contributed by atoms with Crippen molar-refractivity contribution in [3.63, 3.8) is 0 Å². The molecule has 0 saturated heterocycles. The molecule has 7 aromatic rings. The first-order chi connectivity index (χ1) is 32.4. The van der Waals surface area contributed by atoms with Crippen molar-refractivity contribution in [2.45, 2.75) is 29.4 Å². The molecule has 318 valence electrons. The Bertz CT molecular complexity index is 2970. The number of nitrogens with zero attached hydrogens (tertiary/aromatic N) is 6. The van der Waals surface area contributed by atoms with E-state index >= 15 is 0 Å². The highest BCUT2D eigenvalue weighted by molar-refractivity contribution is 8.00. The van der Waals surface area contributed by atoms with Crippen LogP contribution in [0.15, 0.2) is 157 Å². The maximum atomic E-state index is 11.0. The van der Waals surface area contributed by atoms with Gasteiger partial charge < -0.3 is 0 Å². The molecule has 0 spiro atoms. The van der Waals surface area contributed by atoms with Crippen LogP contribution >= 0.6 is 35.3 Å². The van der Waals surface area contributed by atoms with Gasteiger partial charge in [-0.05, 0) is 101 Å². The zero-order valence-electron chi connectivity index (χ0n) is 35.7. The molecule has 10 rings (SSSR count). The number of hydrogen-bond donors (Lipinski definition) is 0. The van der Waals surface area contributed by atoms with Gasteiger partial charge in [-0.25, -0.2) is 20.0 Å². The summed E-state index contributed by atoms with van der Waals surface area (Å²) in [5, 5.41) is 27.4. The predicted molar refractivity (Wildman–Crippen MR) is 267 cm³/mol. The molecular formula is C54H36N6O3S3. The van der Waals surface area contributed by atoms with Gasteiger partial charge in [0.05, 0.1) is 85.3 Å². The van der Waals surface area contributed by atoms with Crippen molar-refractivity contribution in [3.8, 4) is 12.1 Å². The SMILES string of the molecule is [C-]#[N+]c1c(C=Cc2ccc3c(c2)Sc2ccccc2N3OC)c(C#N)c(C=Cc2ccc3c(c2)Sc2ccccc2N3OC)c(C#N)c1C=Cc1ccc2c(c1)Sc1ccccc1N2OC. The Morgan fingerprint density at radius 3 is 1.08 bits per heavy atom. The Hall–Kier alpha value is -7.44. The lowest BCUT2D eigenvalue weighted by atomic mass is 9.88. The van der Waals surface area contributed by atoms with Crippen LogP contribution in [0.3, 0.4) is 0 Å². The van der Waals surface area contributed by atoms with Crippen molar-refractivity contribution in [2.75, 3.05) is 36.5 Å². The minimum atomic E-state index is 0.204. The summed E-state index contributed by atoms with van der Waals surface area (Å²) in [6, 6.07) is 47.2. The van der Waals surface area contributed by atoms with Crippen LogP contribution in [0.4, 0.5) is 39.8 Å². The molecule has 0 aromatic heterocycles. The largest absolute Gasteiger partial charge is 0.272 e. The van der Waals surface area contributed by atoms with E-state index in [0.717, 1.165) is 80.2 Å². The minimum absolute atomic E-state index is 0.204. The highest BCUT2D eigenvalue weighted by atomic mass is 32.2. The molecule has 0 amide bonds. The number of benzene rings is 7. The molecule has 0 saturated carbocycles. The van der Waals surface area contributed by atoms with E-state index in [1.54, 1.807) is 56.6 Å². The molecule has 12 heteroatoms. The summed E-state index contributed by atoms with van der Waals surface area (Å²) in [5.41, 5.74) is 10.1. The Kier molecular flexibility index (Phi) is 11.7. The summed E-state index contributed by atoms with van der Waals surface area (Å²) in [4.78, 5) is 27.6. The van der Waals surface area contributed by atoms with Crippen LogP contribution in [0, 0.1) is 29.2 Å². The first kappa shape index (κ1) is 42.5. The Morgan fingerprint density at radius 2 is 0.758 bits per heavy atom. The Labute approximate surface area is 395 Å². The van der Waals surface area contributed by atoms with Gasteiger partial charge in [-0.1, -0.05) is 126 Å². The third kappa shape index (κ3) is 7.60. The van der Waals surface area contributed by atoms with E-state index in [1.165, 1.54) is 0 Å². The first-order valence-corrected chi connectivity index (χ1v) is 23.1. The van der Waals surface area contributed by atoms with Crippen molar-refractivity contribution < 1.29 is 14.5 Å². The van der Waals surface area contributed by atoms with Crippen molar-refractivity contribution in [2.24, 2.45) is 0 Å². The molecule has 0 unspecified atom stereocenters. The molecule has 3 aliphatic heterocycles. The normalized spacial score (nSPS) is 13.4. The van der Waals surface area contributed by atoms with Crippen LogP contribution in [0.5, 0.6) is 0 Å². The fourth-order valence-corrected chi connectivity index (χ4v) is 11.6. The molecule has 3 heterocycles. The minimum Gasteiger partial charge on any atom is -0.272 e. The summed E-state index contributed by atoms with van der Waals surface area (Å²) in [6.45, 7) is 8.55. The topological polar surface area (TPSA) is 89.3 Å². The van der Waals surface area contributed by atoms with Crippen LogP contribution in [-0.2, 0) is 14.5 Å². The second-order valence-electron chi connectivity index (χ2n) is 15.0. The van der Waals surface area contributed by atoms with Crippen molar-refractivity contribution in [1.29, 1.82) is 10.5 Å². The van der Waals surface area contributed by atoms with Gasteiger partial charge in [-0.15, -0.1) is 0 Å². The number of para-hydroxylation sites is 3. The lowest BCUT2D eigenvalue weighted by molar-refractivity contribution is 0.198. The van der Waals surface area contributed by atoms with Crippen molar-refractivity contribution in [3.05, 3.63) is 183 Å². The van der Waals surface area contributed by atoms with Gasteiger partial charge in [-0.2, -0.15) is 10.5 Å². The van der Waals surface area contributed by atoms with Crippen molar-refractivity contribution >= 4 is 112 Å². The summed E-state index contributed by atoms with van der Waals surface area (Å²) < 4.78 is 0. The van der Waals surface area contributed by atoms with E-state index in [1.807, 2.05) is 143 Å². The van der Waals surface area contributed by atoms with Gasteiger partial charge in [0.15, 0.2) is 0 Å². The molecule has 66 heavy (non-hydrogen) atoms. The van der Waals surface area contributed by atoms with Gasteiger partial charge in [0, 0.05) is 34.9 Å². The summed E-state index contributed by atoms with van der Waals surface area (Å²) in [5.74, 6) is 0. The smallest absolute Gasteiger partial charge is 0.204 e. The number of fused-ring (bicyclic) bond motifs is 6. The fraction of sp³-hybridized carbons (Fsp3) is 0.0556. The summed E-state index contributed by atoms with van der Waals surface area (Å²) >= 11 is 4.95. The van der Waals surface area contributed by atoms with E-state index in [2.05, 4.69) is 53.4 Å². The Morgan fingerprint density at radius 1 is 0.439 bits per heavy atom. The molecule has 0 N–H and O–H groups in total. The molecule has 0 atom stereocenters. The quantitative estimate of drug-likeness (QED) is 0.102. The summed E-state index contributed by atoms with van der Waals surface area (Å²) in [6.07, 6.45) is 11.2. The fourth-order valence-electron chi connectivity index (χ4n) is 8.31. The van der Waals surface area contributed by atoms with Crippen molar-refractivity contribution in [1.82, 2.24) is 0 Å². The second kappa shape index (κ2) is 18.2. The molecule has 0 bridgehead atoms. The Balaban J connectivity index is 1.08. The lowest BCUT2D eigenvalue weighted by Gasteiger charge is -2.30. The monoisotopic (exact) mass is 912 g/mol. The molecule has 7 aromatic carbocycles. The molecular weight excluding hydrogens is 877 g/mol.